The lowest BCUT2D eigenvalue weighted by molar-refractivity contribution is 0.428. The van der Waals surface area contributed by atoms with Crippen molar-refractivity contribution >= 4 is 0 Å². The second-order valence-electron chi connectivity index (χ2n) is 5.23. The molecule has 2 atom stereocenters. The summed E-state index contributed by atoms with van der Waals surface area (Å²) >= 11 is 0. The van der Waals surface area contributed by atoms with E-state index in [0.717, 1.165) is 19.4 Å². The van der Waals surface area contributed by atoms with Crippen LogP contribution in [0.2, 0.25) is 0 Å². The molecule has 2 unspecified atom stereocenters. The maximum absolute atomic E-state index is 4.50. The molecule has 0 aliphatic heterocycles. The summed E-state index contributed by atoms with van der Waals surface area (Å²) in [6.07, 6.45) is 4.12. The Morgan fingerprint density at radius 1 is 1.05 bits per heavy atom. The van der Waals surface area contributed by atoms with Gasteiger partial charge in [0.15, 0.2) is 0 Å². The molecule has 0 bridgehead atoms. The van der Waals surface area contributed by atoms with Crippen molar-refractivity contribution in [2.24, 2.45) is 0 Å². The predicted octanol–water partition coefficient (Wildman–Crippen LogP) is 3.80. The van der Waals surface area contributed by atoms with Gasteiger partial charge in [-0.15, -0.1) is 0 Å². The van der Waals surface area contributed by atoms with Crippen molar-refractivity contribution in [2.75, 3.05) is 6.54 Å². The smallest absolute Gasteiger partial charge is 0.0447 e. The monoisotopic (exact) mass is 268 g/mol. The maximum atomic E-state index is 4.50. The van der Waals surface area contributed by atoms with Crippen LogP contribution in [0.1, 0.15) is 37.4 Å². The molecular weight excluding hydrogens is 244 g/mol. The van der Waals surface area contributed by atoms with E-state index >= 15 is 0 Å². The molecule has 0 fully saturated rings. The van der Waals surface area contributed by atoms with Gasteiger partial charge >= 0.3 is 0 Å². The van der Waals surface area contributed by atoms with Crippen LogP contribution in [-0.2, 0) is 6.42 Å². The molecule has 106 valence electrons. The van der Waals surface area contributed by atoms with E-state index in [2.05, 4.69) is 66.6 Å². The fraction of sp³-hybridized carbons (Fsp3) is 0.389. The van der Waals surface area contributed by atoms with Crippen LogP contribution in [0.4, 0.5) is 0 Å². The van der Waals surface area contributed by atoms with Crippen LogP contribution >= 0.6 is 0 Å². The van der Waals surface area contributed by atoms with Gasteiger partial charge in [0, 0.05) is 23.9 Å². The Balaban J connectivity index is 1.99. The molecule has 2 nitrogen and oxygen atoms in total. The number of hydrogen-bond donors (Lipinski definition) is 1. The van der Waals surface area contributed by atoms with E-state index in [1.165, 1.54) is 11.3 Å². The highest BCUT2D eigenvalue weighted by atomic mass is 14.9. The number of nitrogens with one attached hydrogen (secondary N) is 1. The molecule has 20 heavy (non-hydrogen) atoms. The van der Waals surface area contributed by atoms with Crippen LogP contribution in [0.25, 0.3) is 0 Å². The summed E-state index contributed by atoms with van der Waals surface area (Å²) in [4.78, 5) is 4.50. The number of hydrogen-bond acceptors (Lipinski definition) is 2. The molecule has 0 radical (unpaired) electrons. The third-order valence-electron chi connectivity index (χ3n) is 3.81. The Morgan fingerprint density at radius 3 is 2.45 bits per heavy atom. The third kappa shape index (κ3) is 4.17. The molecule has 0 spiro atoms. The topological polar surface area (TPSA) is 24.9 Å². The molecule has 1 N–H and O–H groups in total. The molecule has 0 saturated heterocycles. The molecular formula is C18H24N2. The summed E-state index contributed by atoms with van der Waals surface area (Å²) in [7, 11) is 0. The Morgan fingerprint density at radius 2 is 1.80 bits per heavy atom. The van der Waals surface area contributed by atoms with E-state index in [9.17, 15) is 0 Å². The van der Waals surface area contributed by atoms with Gasteiger partial charge in [0.2, 0.25) is 0 Å². The quantitative estimate of drug-likeness (QED) is 0.826. The average Bonchev–Trinajstić information content (AvgIpc) is 2.52. The van der Waals surface area contributed by atoms with Crippen molar-refractivity contribution in [3.8, 4) is 0 Å². The van der Waals surface area contributed by atoms with Gasteiger partial charge in [-0.25, -0.2) is 0 Å². The molecule has 2 rings (SSSR count). The number of rotatable bonds is 7. The van der Waals surface area contributed by atoms with Crippen LogP contribution in [0.5, 0.6) is 0 Å². The zero-order valence-corrected chi connectivity index (χ0v) is 12.4. The van der Waals surface area contributed by atoms with Gasteiger partial charge in [-0.2, -0.15) is 0 Å². The van der Waals surface area contributed by atoms with Gasteiger partial charge in [0.05, 0.1) is 0 Å². The summed E-state index contributed by atoms with van der Waals surface area (Å²) in [5.74, 6) is 0.430. The minimum Gasteiger partial charge on any atom is -0.314 e. The first kappa shape index (κ1) is 14.7. The molecule has 0 saturated carbocycles. The maximum Gasteiger partial charge on any atom is 0.0447 e. The van der Waals surface area contributed by atoms with Crippen molar-refractivity contribution in [1.82, 2.24) is 10.3 Å². The first-order valence-corrected chi connectivity index (χ1v) is 7.49. The number of aryl methyl sites for hydroxylation is 1. The van der Waals surface area contributed by atoms with Gasteiger partial charge in [0.25, 0.3) is 0 Å². The lowest BCUT2D eigenvalue weighted by atomic mass is 9.92. The van der Waals surface area contributed by atoms with Crippen LogP contribution < -0.4 is 5.32 Å². The highest BCUT2D eigenvalue weighted by Gasteiger charge is 2.18. The van der Waals surface area contributed by atoms with E-state index in [1.54, 1.807) is 0 Å². The second-order valence-corrected chi connectivity index (χ2v) is 5.23. The number of aromatic nitrogens is 1. The van der Waals surface area contributed by atoms with Gasteiger partial charge in [-0.3, -0.25) is 4.98 Å². The Bertz CT molecular complexity index is 481. The van der Waals surface area contributed by atoms with Crippen LogP contribution in [-0.4, -0.2) is 17.6 Å². The zero-order chi connectivity index (χ0) is 14.2. The van der Waals surface area contributed by atoms with Crippen molar-refractivity contribution < 1.29 is 0 Å². The molecule has 2 heteroatoms. The van der Waals surface area contributed by atoms with Gasteiger partial charge < -0.3 is 5.32 Å². The highest BCUT2D eigenvalue weighted by molar-refractivity contribution is 5.16. The van der Waals surface area contributed by atoms with Crippen LogP contribution in [0, 0.1) is 0 Å². The van der Waals surface area contributed by atoms with Gasteiger partial charge in [0.1, 0.15) is 0 Å². The first-order chi connectivity index (χ1) is 9.81. The number of pyridine rings is 1. The van der Waals surface area contributed by atoms with Crippen LogP contribution in [0.15, 0.2) is 54.7 Å². The van der Waals surface area contributed by atoms with Crippen molar-refractivity contribution in [3.63, 3.8) is 0 Å². The highest BCUT2D eigenvalue weighted by Crippen LogP contribution is 2.20. The molecule has 0 aliphatic carbocycles. The molecule has 0 amide bonds. The number of benzene rings is 1. The van der Waals surface area contributed by atoms with Gasteiger partial charge in [-0.1, -0.05) is 50.2 Å². The SMILES string of the molecule is CCNC(CCc1ccccc1)C(C)c1ccccn1. The predicted molar refractivity (Wildman–Crippen MR) is 84.9 cm³/mol. The van der Waals surface area contributed by atoms with Crippen molar-refractivity contribution in [3.05, 3.63) is 66.0 Å². The molecule has 1 aromatic carbocycles. The third-order valence-corrected chi connectivity index (χ3v) is 3.81. The molecule has 1 heterocycles. The fourth-order valence-corrected chi connectivity index (χ4v) is 2.61. The normalized spacial score (nSPS) is 13.9. The summed E-state index contributed by atoms with van der Waals surface area (Å²) < 4.78 is 0. The second kappa shape index (κ2) is 7.81. The largest absolute Gasteiger partial charge is 0.314 e. The standard InChI is InChI=1S/C18H24N2/c1-3-19-18(13-12-16-9-5-4-6-10-16)15(2)17-11-7-8-14-20-17/h4-11,14-15,18-19H,3,12-13H2,1-2H3. The van der Waals surface area contributed by atoms with Crippen LogP contribution in [0.3, 0.4) is 0 Å². The average molecular weight is 268 g/mol. The summed E-state index contributed by atoms with van der Waals surface area (Å²) in [6.45, 7) is 5.43. The van der Waals surface area contributed by atoms with E-state index in [1.807, 2.05) is 12.3 Å². The van der Waals surface area contributed by atoms with E-state index < -0.39 is 0 Å². The fourth-order valence-electron chi connectivity index (χ4n) is 2.61. The minimum atomic E-state index is 0.430. The Hall–Kier alpha value is -1.67. The first-order valence-electron chi connectivity index (χ1n) is 7.49. The van der Waals surface area contributed by atoms with Crippen molar-refractivity contribution in [2.45, 2.75) is 38.6 Å². The molecule has 0 aliphatic rings. The van der Waals surface area contributed by atoms with Gasteiger partial charge in [-0.05, 0) is 37.1 Å². The number of nitrogens with zero attached hydrogens (tertiary/aromatic N) is 1. The lowest BCUT2D eigenvalue weighted by Gasteiger charge is -2.24. The zero-order valence-electron chi connectivity index (χ0n) is 12.4. The lowest BCUT2D eigenvalue weighted by Crippen LogP contribution is -2.34. The Labute approximate surface area is 122 Å². The summed E-state index contributed by atoms with van der Waals surface area (Å²) in [6, 6.07) is 17.3. The molecule has 1 aromatic heterocycles. The minimum absolute atomic E-state index is 0.430. The Kier molecular flexibility index (Phi) is 5.75. The van der Waals surface area contributed by atoms with E-state index in [4.69, 9.17) is 0 Å². The summed E-state index contributed by atoms with van der Waals surface area (Å²) in [5, 5.41) is 3.61. The summed E-state index contributed by atoms with van der Waals surface area (Å²) in [5.41, 5.74) is 2.58. The number of likely N-dealkylation sites (N-methyl/N-ethyl adjacent to an activating group) is 1. The van der Waals surface area contributed by atoms with Crippen molar-refractivity contribution in [1.29, 1.82) is 0 Å². The molecule has 2 aromatic rings. The van der Waals surface area contributed by atoms with E-state index in [-0.39, 0.29) is 0 Å². The van der Waals surface area contributed by atoms with E-state index in [0.29, 0.717) is 12.0 Å².